The van der Waals surface area contributed by atoms with Gasteiger partial charge in [0.05, 0.1) is 24.8 Å². The van der Waals surface area contributed by atoms with Gasteiger partial charge >= 0.3 is 0 Å². The average Bonchev–Trinajstić information content (AvgIpc) is 3.37. The maximum Gasteiger partial charge on any atom is 0.244 e. The van der Waals surface area contributed by atoms with Gasteiger partial charge in [-0.2, -0.15) is 5.10 Å². The predicted octanol–water partition coefficient (Wildman–Crippen LogP) is 4.15. The molecule has 0 saturated heterocycles. The molecule has 1 amide bonds. The number of amides is 1. The van der Waals surface area contributed by atoms with Crippen molar-refractivity contribution in [1.82, 2.24) is 14.5 Å². The summed E-state index contributed by atoms with van der Waals surface area (Å²) in [5, 5.41) is 3.89. The highest BCUT2D eigenvalue weighted by molar-refractivity contribution is 6.38. The van der Waals surface area contributed by atoms with E-state index in [1.807, 2.05) is 96.6 Å². The van der Waals surface area contributed by atoms with Crippen LogP contribution in [0.5, 0.6) is 5.75 Å². The maximum atomic E-state index is 13.2. The lowest BCUT2D eigenvalue weighted by Gasteiger charge is -2.22. The lowest BCUT2D eigenvalue weighted by atomic mass is 10.1. The molecule has 4 aromatic rings. The van der Waals surface area contributed by atoms with Crippen molar-refractivity contribution in [2.75, 3.05) is 13.7 Å². The zero-order valence-electron chi connectivity index (χ0n) is 21.0. The topological polar surface area (TPSA) is 98.1 Å². The molecule has 1 heterocycles. The van der Waals surface area contributed by atoms with Crippen LogP contribution in [0.1, 0.15) is 22.4 Å². The first-order valence-electron chi connectivity index (χ1n) is 11.9. The van der Waals surface area contributed by atoms with Crippen molar-refractivity contribution in [1.29, 1.82) is 0 Å². The molecule has 0 aliphatic carbocycles. The van der Waals surface area contributed by atoms with Crippen LogP contribution < -0.4 is 10.6 Å². The van der Waals surface area contributed by atoms with E-state index < -0.39 is 0 Å². The summed E-state index contributed by atoms with van der Waals surface area (Å²) in [6.45, 7) is 2.89. The molecule has 0 fully saturated rings. The summed E-state index contributed by atoms with van der Waals surface area (Å²) < 4.78 is 7.47. The number of hydrogen-bond acceptors (Lipinski definition) is 6. The number of aryl methyl sites for hydroxylation is 1. The van der Waals surface area contributed by atoms with Gasteiger partial charge in [0.1, 0.15) is 18.0 Å². The SMILES string of the molecule is COc1cc(/C(C=NCC(=O)N(Cc2ccccc2)Cc2ccccc2)=N/N)ccc1-n1cnc(C)c1. The number of methoxy groups -OCH3 is 1. The fraction of sp³-hybridized carbons (Fsp3) is 0.172. The molecule has 4 rings (SSSR count). The molecule has 0 bridgehead atoms. The van der Waals surface area contributed by atoms with E-state index in [4.69, 9.17) is 10.6 Å². The number of carbonyl (C=O) groups is 1. The van der Waals surface area contributed by atoms with E-state index in [9.17, 15) is 4.79 Å². The van der Waals surface area contributed by atoms with E-state index in [2.05, 4.69) is 15.1 Å². The number of carbonyl (C=O) groups excluding carboxylic acids is 1. The third-order valence-corrected chi connectivity index (χ3v) is 5.83. The summed E-state index contributed by atoms with van der Waals surface area (Å²) in [5.74, 6) is 6.22. The second kappa shape index (κ2) is 12.3. The van der Waals surface area contributed by atoms with Gasteiger partial charge in [0.25, 0.3) is 0 Å². The normalized spacial score (nSPS) is 11.6. The molecule has 37 heavy (non-hydrogen) atoms. The van der Waals surface area contributed by atoms with Gasteiger partial charge in [-0.1, -0.05) is 66.7 Å². The molecule has 0 spiro atoms. The van der Waals surface area contributed by atoms with Gasteiger partial charge < -0.3 is 20.0 Å². The van der Waals surface area contributed by atoms with Crippen LogP contribution in [0, 0.1) is 6.92 Å². The summed E-state index contributed by atoms with van der Waals surface area (Å²) in [7, 11) is 1.60. The van der Waals surface area contributed by atoms with Gasteiger partial charge in [-0.15, -0.1) is 0 Å². The average molecular weight is 495 g/mol. The Balaban J connectivity index is 1.48. The first kappa shape index (κ1) is 25.4. The Hall–Kier alpha value is -4.72. The van der Waals surface area contributed by atoms with E-state index in [0.29, 0.717) is 24.6 Å². The van der Waals surface area contributed by atoms with E-state index in [1.54, 1.807) is 18.3 Å². The number of ether oxygens (including phenoxy) is 1. The van der Waals surface area contributed by atoms with Crippen molar-refractivity contribution in [2.45, 2.75) is 20.0 Å². The van der Waals surface area contributed by atoms with Crippen molar-refractivity contribution < 1.29 is 9.53 Å². The zero-order valence-corrected chi connectivity index (χ0v) is 21.0. The van der Waals surface area contributed by atoms with Gasteiger partial charge in [-0.25, -0.2) is 4.98 Å². The molecule has 0 radical (unpaired) electrons. The van der Waals surface area contributed by atoms with E-state index in [0.717, 1.165) is 28.1 Å². The third kappa shape index (κ3) is 6.70. The Kier molecular flexibility index (Phi) is 8.44. The third-order valence-electron chi connectivity index (χ3n) is 5.83. The van der Waals surface area contributed by atoms with Crippen LogP contribution in [0.2, 0.25) is 0 Å². The molecule has 188 valence electrons. The van der Waals surface area contributed by atoms with Crippen LogP contribution in [-0.2, 0) is 17.9 Å². The molecule has 0 saturated carbocycles. The van der Waals surface area contributed by atoms with Crippen LogP contribution >= 0.6 is 0 Å². The van der Waals surface area contributed by atoms with E-state index >= 15 is 0 Å². The largest absolute Gasteiger partial charge is 0.495 e. The number of nitrogens with zero attached hydrogens (tertiary/aromatic N) is 5. The molecule has 0 atom stereocenters. The standard InChI is InChI=1S/C29H30N6O2/c1-22-18-35(21-32-22)27-14-13-25(15-28(27)37-2)26(33-30)16-31-17-29(36)34(19-23-9-5-3-6-10-23)20-24-11-7-4-8-12-24/h3-16,18,21H,17,19-20,30H2,1-2H3/b31-16?,33-26+. The number of rotatable bonds is 10. The number of imidazole rings is 1. The predicted molar refractivity (Wildman–Crippen MR) is 146 cm³/mol. The fourth-order valence-corrected chi connectivity index (χ4v) is 3.94. The smallest absolute Gasteiger partial charge is 0.244 e. The lowest BCUT2D eigenvalue weighted by Crippen LogP contribution is -2.32. The maximum absolute atomic E-state index is 13.2. The van der Waals surface area contributed by atoms with Crippen LogP contribution in [0.4, 0.5) is 0 Å². The number of hydrogen-bond donors (Lipinski definition) is 1. The van der Waals surface area contributed by atoms with Crippen LogP contribution in [-0.4, -0.2) is 45.9 Å². The first-order valence-corrected chi connectivity index (χ1v) is 11.9. The van der Waals surface area contributed by atoms with E-state index in [-0.39, 0.29) is 12.5 Å². The Morgan fingerprint density at radius 2 is 1.68 bits per heavy atom. The summed E-state index contributed by atoms with van der Waals surface area (Å²) in [4.78, 5) is 23.6. The molecule has 8 nitrogen and oxygen atoms in total. The summed E-state index contributed by atoms with van der Waals surface area (Å²) in [6, 6.07) is 25.5. The molecular formula is C29H30N6O2. The zero-order chi connectivity index (χ0) is 26.0. The number of hydrazone groups is 1. The number of benzene rings is 3. The Bertz CT molecular complexity index is 1340. The fourth-order valence-electron chi connectivity index (χ4n) is 3.94. The van der Waals surface area contributed by atoms with Gasteiger partial charge in [0.15, 0.2) is 0 Å². The quantitative estimate of drug-likeness (QED) is 0.203. The van der Waals surface area contributed by atoms with Gasteiger partial charge in [0.2, 0.25) is 5.91 Å². The Morgan fingerprint density at radius 3 is 2.22 bits per heavy atom. The van der Waals surface area contributed by atoms with Crippen LogP contribution in [0.3, 0.4) is 0 Å². The minimum atomic E-state index is -0.0938. The summed E-state index contributed by atoms with van der Waals surface area (Å²) in [6.07, 6.45) is 5.17. The molecule has 0 unspecified atom stereocenters. The molecular weight excluding hydrogens is 464 g/mol. The minimum absolute atomic E-state index is 0.0256. The van der Waals surface area contributed by atoms with Crippen molar-refractivity contribution in [3.8, 4) is 11.4 Å². The molecule has 2 N–H and O–H groups in total. The molecule has 0 aliphatic heterocycles. The van der Waals surface area contributed by atoms with Gasteiger partial charge in [-0.05, 0) is 30.2 Å². The van der Waals surface area contributed by atoms with Crippen LogP contribution in [0.25, 0.3) is 5.69 Å². The Labute approximate surface area is 216 Å². The van der Waals surface area contributed by atoms with Crippen molar-refractivity contribution in [2.24, 2.45) is 15.9 Å². The lowest BCUT2D eigenvalue weighted by molar-refractivity contribution is -0.130. The number of aromatic nitrogens is 2. The monoisotopic (exact) mass is 494 g/mol. The van der Waals surface area contributed by atoms with Crippen LogP contribution in [0.15, 0.2) is 101 Å². The molecule has 1 aromatic heterocycles. The second-order valence-electron chi connectivity index (χ2n) is 8.51. The molecule has 0 aliphatic rings. The summed E-state index contributed by atoms with van der Waals surface area (Å²) >= 11 is 0. The number of aliphatic imine (C=N–C) groups is 1. The van der Waals surface area contributed by atoms with Crippen molar-refractivity contribution in [3.63, 3.8) is 0 Å². The van der Waals surface area contributed by atoms with Gasteiger partial charge in [0, 0.05) is 31.1 Å². The highest BCUT2D eigenvalue weighted by atomic mass is 16.5. The summed E-state index contributed by atoms with van der Waals surface area (Å²) in [5.41, 5.74) is 5.02. The first-order chi connectivity index (χ1) is 18.1. The van der Waals surface area contributed by atoms with E-state index in [1.165, 1.54) is 6.21 Å². The Morgan fingerprint density at radius 1 is 1.03 bits per heavy atom. The number of nitrogens with two attached hydrogens (primary N) is 1. The molecule has 8 heteroatoms. The minimum Gasteiger partial charge on any atom is -0.495 e. The molecule has 3 aromatic carbocycles. The van der Waals surface area contributed by atoms with Crippen molar-refractivity contribution in [3.05, 3.63) is 114 Å². The highest BCUT2D eigenvalue weighted by Crippen LogP contribution is 2.24. The highest BCUT2D eigenvalue weighted by Gasteiger charge is 2.15. The van der Waals surface area contributed by atoms with Gasteiger partial charge in [-0.3, -0.25) is 9.79 Å². The van der Waals surface area contributed by atoms with Crippen molar-refractivity contribution >= 4 is 17.8 Å². The second-order valence-corrected chi connectivity index (χ2v) is 8.51.